The molecule has 2 N–H and O–H groups in total. The van der Waals surface area contributed by atoms with Crippen LogP contribution in [-0.4, -0.2) is 20.4 Å². The van der Waals surface area contributed by atoms with Gasteiger partial charge in [0.2, 0.25) is 15.9 Å². The highest BCUT2D eigenvalue weighted by atomic mass is 35.5. The minimum absolute atomic E-state index is 0.0190. The molecule has 0 spiro atoms. The summed E-state index contributed by atoms with van der Waals surface area (Å²) in [4.78, 5) is 13.0. The van der Waals surface area contributed by atoms with Crippen LogP contribution < -0.4 is 10.0 Å². The zero-order chi connectivity index (χ0) is 22.6. The van der Waals surface area contributed by atoms with E-state index in [9.17, 15) is 13.2 Å². The van der Waals surface area contributed by atoms with Crippen molar-refractivity contribution >= 4 is 44.8 Å². The molecule has 0 saturated carbocycles. The standard InChI is InChI=1S/C23H22Cl2N2O3S/c1-15-7-6-8-16(2)22(15)26-23(28)20(13-17-9-4-3-5-10-17)27-31(29,30)21-14-18(24)11-12-19(21)25/h3-12,14,20,27H,13H2,1-2H3,(H,26,28)/t20-/m1/s1. The Balaban J connectivity index is 1.94. The highest BCUT2D eigenvalue weighted by Gasteiger charge is 2.28. The third-order valence-corrected chi connectivity index (χ3v) is 7.00. The van der Waals surface area contributed by atoms with E-state index in [1.54, 1.807) is 0 Å². The predicted molar refractivity (Wildman–Crippen MR) is 125 cm³/mol. The summed E-state index contributed by atoms with van der Waals surface area (Å²) in [7, 11) is -4.12. The van der Waals surface area contributed by atoms with Gasteiger partial charge in [-0.2, -0.15) is 4.72 Å². The topological polar surface area (TPSA) is 75.3 Å². The van der Waals surface area contributed by atoms with Gasteiger partial charge >= 0.3 is 0 Å². The molecule has 0 aliphatic rings. The van der Waals surface area contributed by atoms with Gasteiger partial charge in [-0.15, -0.1) is 0 Å². The second kappa shape index (κ2) is 9.83. The molecule has 0 radical (unpaired) electrons. The number of benzene rings is 3. The number of sulfonamides is 1. The summed E-state index contributed by atoms with van der Waals surface area (Å²) < 4.78 is 28.6. The van der Waals surface area contributed by atoms with Crippen LogP contribution in [0.4, 0.5) is 5.69 Å². The van der Waals surface area contributed by atoms with Gasteiger partial charge in [-0.3, -0.25) is 4.79 Å². The average Bonchev–Trinajstić information content (AvgIpc) is 2.72. The van der Waals surface area contributed by atoms with Crippen molar-refractivity contribution in [1.82, 2.24) is 4.72 Å². The van der Waals surface area contributed by atoms with E-state index in [0.29, 0.717) is 5.69 Å². The predicted octanol–water partition coefficient (Wildman–Crippen LogP) is 5.14. The lowest BCUT2D eigenvalue weighted by atomic mass is 10.0. The smallest absolute Gasteiger partial charge is 0.242 e. The van der Waals surface area contributed by atoms with Crippen molar-refractivity contribution < 1.29 is 13.2 Å². The molecular weight excluding hydrogens is 455 g/mol. The van der Waals surface area contributed by atoms with E-state index in [-0.39, 0.29) is 21.4 Å². The summed E-state index contributed by atoms with van der Waals surface area (Å²) in [5, 5.41) is 3.12. The monoisotopic (exact) mass is 476 g/mol. The fourth-order valence-corrected chi connectivity index (χ4v) is 5.15. The van der Waals surface area contributed by atoms with Crippen LogP contribution in [0.3, 0.4) is 0 Å². The summed E-state index contributed by atoms with van der Waals surface area (Å²) in [5.41, 5.74) is 3.23. The molecule has 0 aromatic heterocycles. The molecule has 162 valence electrons. The van der Waals surface area contributed by atoms with Crippen molar-refractivity contribution in [2.24, 2.45) is 0 Å². The zero-order valence-corrected chi connectivity index (χ0v) is 19.4. The molecule has 5 nitrogen and oxygen atoms in total. The molecule has 3 rings (SSSR count). The van der Waals surface area contributed by atoms with Gasteiger partial charge < -0.3 is 5.32 Å². The molecule has 0 aliphatic heterocycles. The lowest BCUT2D eigenvalue weighted by molar-refractivity contribution is -0.117. The third-order valence-electron chi connectivity index (χ3n) is 4.81. The first-order valence-electron chi connectivity index (χ1n) is 9.56. The van der Waals surface area contributed by atoms with Gasteiger partial charge in [-0.1, -0.05) is 71.7 Å². The first-order chi connectivity index (χ1) is 14.7. The number of nitrogens with one attached hydrogen (secondary N) is 2. The quantitative estimate of drug-likeness (QED) is 0.495. The maximum Gasteiger partial charge on any atom is 0.242 e. The second-order valence-corrected chi connectivity index (χ2v) is 9.72. The van der Waals surface area contributed by atoms with E-state index in [0.717, 1.165) is 16.7 Å². The molecule has 0 fully saturated rings. The highest BCUT2D eigenvalue weighted by molar-refractivity contribution is 7.89. The SMILES string of the molecule is Cc1cccc(C)c1NC(=O)[C@@H](Cc1ccccc1)NS(=O)(=O)c1cc(Cl)ccc1Cl. The highest BCUT2D eigenvalue weighted by Crippen LogP contribution is 2.26. The summed E-state index contributed by atoms with van der Waals surface area (Å²) in [5.74, 6) is -0.469. The normalized spacial score (nSPS) is 12.4. The lowest BCUT2D eigenvalue weighted by Crippen LogP contribution is -2.45. The van der Waals surface area contributed by atoms with Crippen LogP contribution >= 0.6 is 23.2 Å². The average molecular weight is 477 g/mol. The number of hydrogen-bond acceptors (Lipinski definition) is 3. The van der Waals surface area contributed by atoms with Crippen molar-refractivity contribution in [2.75, 3.05) is 5.32 Å². The van der Waals surface area contributed by atoms with Crippen LogP contribution in [0, 0.1) is 13.8 Å². The van der Waals surface area contributed by atoms with Gasteiger partial charge in [-0.25, -0.2) is 8.42 Å². The Kier molecular flexibility index (Phi) is 7.38. The number of aryl methyl sites for hydroxylation is 2. The summed E-state index contributed by atoms with van der Waals surface area (Å²) in [6.07, 6.45) is 0.162. The van der Waals surface area contributed by atoms with Crippen LogP contribution in [0.1, 0.15) is 16.7 Å². The van der Waals surface area contributed by atoms with Crippen LogP contribution in [0.15, 0.2) is 71.6 Å². The van der Waals surface area contributed by atoms with E-state index in [1.165, 1.54) is 18.2 Å². The van der Waals surface area contributed by atoms with Crippen LogP contribution in [0.5, 0.6) is 0 Å². The van der Waals surface area contributed by atoms with Crippen molar-refractivity contribution in [3.8, 4) is 0 Å². The molecule has 31 heavy (non-hydrogen) atoms. The minimum atomic E-state index is -4.12. The van der Waals surface area contributed by atoms with Gasteiger partial charge in [0.25, 0.3) is 0 Å². The molecule has 0 aliphatic carbocycles. The fraction of sp³-hybridized carbons (Fsp3) is 0.174. The molecule has 1 atom stereocenters. The van der Waals surface area contributed by atoms with E-state index in [2.05, 4.69) is 10.0 Å². The Bertz CT molecular complexity index is 1180. The number of carbonyl (C=O) groups excluding carboxylic acids is 1. The van der Waals surface area contributed by atoms with Crippen LogP contribution in [0.25, 0.3) is 0 Å². The molecular formula is C23H22Cl2N2O3S. The van der Waals surface area contributed by atoms with Crippen molar-refractivity contribution in [1.29, 1.82) is 0 Å². The number of hydrogen-bond donors (Lipinski definition) is 2. The van der Waals surface area contributed by atoms with Crippen LogP contribution in [-0.2, 0) is 21.2 Å². The van der Waals surface area contributed by atoms with Gasteiger partial charge in [0.05, 0.1) is 5.02 Å². The summed E-state index contributed by atoms with van der Waals surface area (Å²) >= 11 is 12.1. The maximum absolute atomic E-state index is 13.2. The molecule has 8 heteroatoms. The number of para-hydroxylation sites is 1. The Morgan fingerprint density at radius 1 is 0.935 bits per heavy atom. The zero-order valence-electron chi connectivity index (χ0n) is 17.0. The molecule has 3 aromatic carbocycles. The van der Waals surface area contributed by atoms with Crippen LogP contribution in [0.2, 0.25) is 10.0 Å². The van der Waals surface area contributed by atoms with Gasteiger partial charge in [-0.05, 0) is 55.2 Å². The Labute approximate surface area is 192 Å². The minimum Gasteiger partial charge on any atom is -0.324 e. The number of amides is 1. The molecule has 0 bridgehead atoms. The van der Waals surface area contributed by atoms with Gasteiger partial charge in [0, 0.05) is 10.7 Å². The van der Waals surface area contributed by atoms with E-state index in [4.69, 9.17) is 23.2 Å². The Morgan fingerprint density at radius 2 is 1.58 bits per heavy atom. The van der Waals surface area contributed by atoms with E-state index < -0.39 is 22.0 Å². The Morgan fingerprint density at radius 3 is 2.23 bits per heavy atom. The largest absolute Gasteiger partial charge is 0.324 e. The third kappa shape index (κ3) is 5.86. The first kappa shape index (κ1) is 23.3. The maximum atomic E-state index is 13.2. The van der Waals surface area contributed by atoms with Gasteiger partial charge in [0.15, 0.2) is 0 Å². The summed E-state index contributed by atoms with van der Waals surface area (Å²) in [6, 6.07) is 17.9. The van der Waals surface area contributed by atoms with E-state index >= 15 is 0 Å². The Hall–Kier alpha value is -2.38. The van der Waals surface area contributed by atoms with E-state index in [1.807, 2.05) is 62.4 Å². The molecule has 0 heterocycles. The van der Waals surface area contributed by atoms with Gasteiger partial charge in [0.1, 0.15) is 10.9 Å². The number of anilines is 1. The second-order valence-electron chi connectivity index (χ2n) is 7.19. The molecule has 3 aromatic rings. The number of carbonyl (C=O) groups is 1. The number of halogens is 2. The number of rotatable bonds is 7. The molecule has 0 unspecified atom stereocenters. The molecule has 0 saturated heterocycles. The lowest BCUT2D eigenvalue weighted by Gasteiger charge is -2.21. The first-order valence-corrected chi connectivity index (χ1v) is 11.8. The fourth-order valence-electron chi connectivity index (χ4n) is 3.19. The summed E-state index contributed by atoms with van der Waals surface area (Å²) in [6.45, 7) is 3.76. The van der Waals surface area contributed by atoms with Crippen molar-refractivity contribution in [3.63, 3.8) is 0 Å². The molecule has 1 amide bonds. The van der Waals surface area contributed by atoms with Crippen molar-refractivity contribution in [2.45, 2.75) is 31.2 Å². The van der Waals surface area contributed by atoms with Crippen molar-refractivity contribution in [3.05, 3.63) is 93.5 Å².